The predicted molar refractivity (Wildman–Crippen MR) is 136 cm³/mol. The van der Waals surface area contributed by atoms with E-state index in [1.165, 1.54) is 19.3 Å². The molecular weight excluding hydrogens is 489 g/mol. The lowest BCUT2D eigenvalue weighted by Gasteiger charge is -2.56. The van der Waals surface area contributed by atoms with Gasteiger partial charge < -0.3 is 5.32 Å². The summed E-state index contributed by atoms with van der Waals surface area (Å²) in [5.74, 6) is 2.17. The van der Waals surface area contributed by atoms with E-state index in [0.717, 1.165) is 48.1 Å². The Kier molecular flexibility index (Phi) is 5.59. The molecule has 4 nitrogen and oxygen atoms in total. The van der Waals surface area contributed by atoms with Crippen molar-refractivity contribution < 1.29 is 4.79 Å². The Morgan fingerprint density at radius 1 is 0.853 bits per heavy atom. The van der Waals surface area contributed by atoms with Gasteiger partial charge in [0.1, 0.15) is 0 Å². The van der Waals surface area contributed by atoms with Crippen LogP contribution >= 0.6 is 34.8 Å². The third kappa shape index (κ3) is 4.10. The molecule has 0 saturated heterocycles. The molecule has 4 aliphatic rings. The van der Waals surface area contributed by atoms with Crippen molar-refractivity contribution in [1.29, 1.82) is 0 Å². The highest BCUT2D eigenvalue weighted by Gasteiger charge is 2.51. The van der Waals surface area contributed by atoms with E-state index in [-0.39, 0.29) is 17.3 Å². The van der Waals surface area contributed by atoms with Gasteiger partial charge in [0.05, 0.1) is 10.7 Å². The summed E-state index contributed by atoms with van der Waals surface area (Å²) in [7, 11) is 0. The van der Waals surface area contributed by atoms with Crippen molar-refractivity contribution in [3.8, 4) is 22.4 Å². The largest absolute Gasteiger partial charge is 0.344 e. The lowest BCUT2D eigenvalue weighted by Crippen LogP contribution is -2.60. The van der Waals surface area contributed by atoms with E-state index in [2.05, 4.69) is 10.3 Å². The maximum atomic E-state index is 13.4. The Morgan fingerprint density at radius 3 is 2.09 bits per heavy atom. The van der Waals surface area contributed by atoms with Crippen LogP contribution < -0.4 is 5.32 Å². The van der Waals surface area contributed by atoms with E-state index in [1.54, 1.807) is 18.3 Å². The molecule has 174 valence electrons. The summed E-state index contributed by atoms with van der Waals surface area (Å²) in [6.45, 7) is 0. The predicted octanol–water partition coefficient (Wildman–Crippen LogP) is 7.47. The zero-order valence-corrected chi connectivity index (χ0v) is 20.8. The topological polar surface area (TPSA) is 54.9 Å². The zero-order chi connectivity index (χ0) is 23.4. The average Bonchev–Trinajstić information content (AvgIpc) is 2.78. The maximum absolute atomic E-state index is 13.4. The molecule has 1 heterocycles. The first-order chi connectivity index (χ1) is 16.4. The highest BCUT2D eigenvalue weighted by Crippen LogP contribution is 2.55. The molecule has 1 amide bonds. The third-order valence-corrected chi connectivity index (χ3v) is 8.55. The molecule has 4 fully saturated rings. The van der Waals surface area contributed by atoms with E-state index in [1.807, 2.05) is 30.3 Å². The van der Waals surface area contributed by atoms with E-state index in [0.29, 0.717) is 26.3 Å². The number of nitrogens with one attached hydrogen (secondary N) is 1. The molecule has 1 aromatic heterocycles. The first-order valence-electron chi connectivity index (χ1n) is 11.8. The van der Waals surface area contributed by atoms with Crippen LogP contribution in [0.25, 0.3) is 22.4 Å². The fourth-order valence-electron chi connectivity index (χ4n) is 6.78. The molecule has 0 spiro atoms. The van der Waals surface area contributed by atoms with Gasteiger partial charge in [0.2, 0.25) is 5.82 Å². The van der Waals surface area contributed by atoms with Gasteiger partial charge in [-0.3, -0.25) is 4.79 Å². The number of benzene rings is 2. The van der Waals surface area contributed by atoms with Crippen LogP contribution in [0.5, 0.6) is 0 Å². The highest BCUT2D eigenvalue weighted by atomic mass is 35.5. The van der Waals surface area contributed by atoms with Crippen LogP contribution in [-0.4, -0.2) is 21.4 Å². The molecule has 7 heteroatoms. The van der Waals surface area contributed by atoms with Crippen LogP contribution in [0.2, 0.25) is 15.1 Å². The molecule has 0 atom stereocenters. The van der Waals surface area contributed by atoms with Crippen LogP contribution in [0.4, 0.5) is 0 Å². The van der Waals surface area contributed by atoms with Crippen molar-refractivity contribution in [2.45, 2.75) is 44.1 Å². The number of rotatable bonds is 4. The number of aromatic nitrogens is 2. The quantitative estimate of drug-likeness (QED) is 0.394. The van der Waals surface area contributed by atoms with E-state index < -0.39 is 0 Å². The molecule has 3 aromatic rings. The Morgan fingerprint density at radius 2 is 1.47 bits per heavy atom. The molecule has 34 heavy (non-hydrogen) atoms. The molecule has 0 aliphatic heterocycles. The van der Waals surface area contributed by atoms with Gasteiger partial charge in [0.15, 0.2) is 0 Å². The molecule has 0 unspecified atom stereocenters. The Bertz CT molecular complexity index is 1240. The monoisotopic (exact) mass is 511 g/mol. The molecule has 1 N–H and O–H groups in total. The Hall–Kier alpha value is -2.14. The summed E-state index contributed by atoms with van der Waals surface area (Å²) < 4.78 is 0. The van der Waals surface area contributed by atoms with Crippen LogP contribution in [0.3, 0.4) is 0 Å². The van der Waals surface area contributed by atoms with Crippen molar-refractivity contribution in [1.82, 2.24) is 15.3 Å². The van der Waals surface area contributed by atoms with Crippen LogP contribution in [0, 0.1) is 17.8 Å². The van der Waals surface area contributed by atoms with Gasteiger partial charge in [-0.15, -0.1) is 0 Å². The van der Waals surface area contributed by atoms with Crippen molar-refractivity contribution in [3.63, 3.8) is 0 Å². The summed E-state index contributed by atoms with van der Waals surface area (Å²) in [6.07, 6.45) is 8.88. The lowest BCUT2D eigenvalue weighted by atomic mass is 9.53. The van der Waals surface area contributed by atoms with Crippen LogP contribution in [-0.2, 0) is 0 Å². The summed E-state index contributed by atoms with van der Waals surface area (Å²) in [4.78, 5) is 22.7. The van der Waals surface area contributed by atoms with Crippen molar-refractivity contribution >= 4 is 40.7 Å². The first-order valence-corrected chi connectivity index (χ1v) is 12.9. The second-order valence-electron chi connectivity index (χ2n) is 10.2. The minimum Gasteiger partial charge on any atom is -0.344 e. The summed E-state index contributed by atoms with van der Waals surface area (Å²) in [6, 6.07) is 12.7. The fraction of sp³-hybridized carbons (Fsp3) is 0.370. The number of hydrogen-bond donors (Lipinski definition) is 1. The first kappa shape index (κ1) is 22.3. The average molecular weight is 513 g/mol. The van der Waals surface area contributed by atoms with Crippen molar-refractivity contribution in [2.75, 3.05) is 0 Å². The SMILES string of the molecule is O=C(NC12CC3CC(CC(C3)C1)C2)c1ncc(-c2ccc(Cl)cc2)c(-c2ccc(Cl)cc2Cl)n1. The van der Waals surface area contributed by atoms with Gasteiger partial charge >= 0.3 is 0 Å². The van der Waals surface area contributed by atoms with Gasteiger partial charge in [-0.25, -0.2) is 9.97 Å². The van der Waals surface area contributed by atoms with E-state index >= 15 is 0 Å². The fourth-order valence-corrected chi connectivity index (χ4v) is 7.40. The lowest BCUT2D eigenvalue weighted by molar-refractivity contribution is -0.0168. The van der Waals surface area contributed by atoms with Crippen LogP contribution in [0.1, 0.15) is 49.1 Å². The summed E-state index contributed by atoms with van der Waals surface area (Å²) >= 11 is 18.8. The maximum Gasteiger partial charge on any atom is 0.289 e. The molecule has 4 bridgehead atoms. The van der Waals surface area contributed by atoms with E-state index in [9.17, 15) is 4.79 Å². The van der Waals surface area contributed by atoms with Crippen LogP contribution in [0.15, 0.2) is 48.7 Å². The molecule has 2 aromatic carbocycles. The minimum atomic E-state index is -0.212. The number of carbonyl (C=O) groups excluding carboxylic acids is 1. The second-order valence-corrected chi connectivity index (χ2v) is 11.5. The number of amides is 1. The zero-order valence-electron chi connectivity index (χ0n) is 18.5. The van der Waals surface area contributed by atoms with Gasteiger partial charge in [0.25, 0.3) is 5.91 Å². The molecule has 0 radical (unpaired) electrons. The van der Waals surface area contributed by atoms with Gasteiger partial charge in [-0.05, 0) is 92.2 Å². The summed E-state index contributed by atoms with van der Waals surface area (Å²) in [5.41, 5.74) is 2.84. The smallest absolute Gasteiger partial charge is 0.289 e. The normalized spacial score (nSPS) is 27.1. The third-order valence-electron chi connectivity index (χ3n) is 7.75. The number of nitrogens with zero attached hydrogens (tertiary/aromatic N) is 2. The molecular formula is C27H24Cl3N3O. The number of hydrogen-bond acceptors (Lipinski definition) is 3. The Balaban J connectivity index is 1.38. The number of carbonyl (C=O) groups is 1. The van der Waals surface area contributed by atoms with Crippen molar-refractivity contribution in [2.24, 2.45) is 17.8 Å². The van der Waals surface area contributed by atoms with E-state index in [4.69, 9.17) is 39.8 Å². The number of halogens is 3. The molecule has 4 aliphatic carbocycles. The summed E-state index contributed by atoms with van der Waals surface area (Å²) in [5, 5.41) is 5.02. The second kappa shape index (κ2) is 8.51. The van der Waals surface area contributed by atoms with Gasteiger partial charge in [-0.2, -0.15) is 0 Å². The highest BCUT2D eigenvalue weighted by molar-refractivity contribution is 6.36. The van der Waals surface area contributed by atoms with Crippen molar-refractivity contribution in [3.05, 3.63) is 69.6 Å². The van der Waals surface area contributed by atoms with Gasteiger partial charge in [0, 0.05) is 32.9 Å². The minimum absolute atomic E-state index is 0.109. The Labute approximate surface area is 214 Å². The molecule has 4 saturated carbocycles. The standard InChI is InChI=1S/C27H24Cl3N3O/c28-19-3-1-18(2-4-19)22-14-31-25(32-24(22)21-6-5-20(29)10-23(21)30)26(34)33-27-11-15-7-16(12-27)9-17(8-15)13-27/h1-6,10,14-17H,7-9,11-13H2,(H,33,34). The van der Waals surface area contributed by atoms with Gasteiger partial charge in [-0.1, -0.05) is 46.9 Å². The molecule has 7 rings (SSSR count).